The molecule has 1 heterocycles. The predicted molar refractivity (Wildman–Crippen MR) is 83.9 cm³/mol. The van der Waals surface area contributed by atoms with Gasteiger partial charge in [-0.25, -0.2) is 4.39 Å². The lowest BCUT2D eigenvalue weighted by Crippen LogP contribution is -2.45. The van der Waals surface area contributed by atoms with E-state index in [4.69, 9.17) is 0 Å². The minimum Gasteiger partial charge on any atom is -0.351 e. The van der Waals surface area contributed by atoms with Gasteiger partial charge < -0.3 is 10.6 Å². The molecule has 112 valence electrons. The zero-order valence-electron chi connectivity index (χ0n) is 11.3. The van der Waals surface area contributed by atoms with Gasteiger partial charge in [-0.1, -0.05) is 6.92 Å². The third-order valence-corrected chi connectivity index (χ3v) is 4.19. The molecule has 6 heteroatoms. The third kappa shape index (κ3) is 4.43. The molecule has 1 aromatic carbocycles. The first kappa shape index (κ1) is 17.4. The number of amides is 1. The predicted octanol–water partition coefficient (Wildman–Crippen LogP) is 3.13. The number of halogens is 3. The van der Waals surface area contributed by atoms with E-state index in [0.29, 0.717) is 16.6 Å². The van der Waals surface area contributed by atoms with Crippen molar-refractivity contribution in [3.63, 3.8) is 0 Å². The summed E-state index contributed by atoms with van der Waals surface area (Å²) in [7, 11) is 0. The molecule has 1 aromatic rings. The van der Waals surface area contributed by atoms with Gasteiger partial charge in [-0.3, -0.25) is 4.79 Å². The van der Waals surface area contributed by atoms with E-state index in [1.807, 2.05) is 0 Å². The molecule has 1 atom stereocenters. The Hall–Kier alpha value is -0.650. The Kier molecular flexibility index (Phi) is 6.43. The second-order valence-corrected chi connectivity index (χ2v) is 6.25. The molecule has 2 N–H and O–H groups in total. The van der Waals surface area contributed by atoms with E-state index in [2.05, 4.69) is 33.5 Å². The van der Waals surface area contributed by atoms with Crippen LogP contribution in [-0.4, -0.2) is 25.5 Å². The minimum absolute atomic E-state index is 0. The summed E-state index contributed by atoms with van der Waals surface area (Å²) in [5.74, 6) is -0.523. The van der Waals surface area contributed by atoms with Crippen LogP contribution in [0.4, 0.5) is 4.39 Å². The quantitative estimate of drug-likeness (QED) is 0.864. The Morgan fingerprint density at radius 2 is 2.30 bits per heavy atom. The molecule has 0 aliphatic carbocycles. The number of nitrogens with one attached hydrogen (secondary N) is 2. The molecule has 1 aliphatic rings. The molecule has 1 unspecified atom stereocenters. The summed E-state index contributed by atoms with van der Waals surface area (Å²) < 4.78 is 13.5. The first-order valence-corrected chi connectivity index (χ1v) is 7.23. The van der Waals surface area contributed by atoms with E-state index in [1.54, 1.807) is 0 Å². The Bertz CT molecular complexity index is 478. The van der Waals surface area contributed by atoms with Crippen molar-refractivity contribution < 1.29 is 9.18 Å². The molecule has 1 amide bonds. The van der Waals surface area contributed by atoms with Crippen LogP contribution in [0.3, 0.4) is 0 Å². The highest BCUT2D eigenvalue weighted by Crippen LogP contribution is 2.24. The summed E-state index contributed by atoms with van der Waals surface area (Å²) in [6.07, 6.45) is 2.23. The molecule has 0 saturated carbocycles. The molecule has 3 nitrogen and oxygen atoms in total. The smallest absolute Gasteiger partial charge is 0.252 e. The first-order chi connectivity index (χ1) is 9.00. The van der Waals surface area contributed by atoms with Crippen molar-refractivity contribution in [1.29, 1.82) is 0 Å². The van der Waals surface area contributed by atoms with E-state index < -0.39 is 0 Å². The van der Waals surface area contributed by atoms with Crippen LogP contribution in [0.1, 0.15) is 30.1 Å². The van der Waals surface area contributed by atoms with E-state index in [0.717, 1.165) is 25.9 Å². The van der Waals surface area contributed by atoms with Crippen molar-refractivity contribution in [3.8, 4) is 0 Å². The molecule has 1 saturated heterocycles. The lowest BCUT2D eigenvalue weighted by molar-refractivity contribution is 0.0924. The number of carbonyl (C=O) groups is 1. The molecule has 0 radical (unpaired) electrons. The van der Waals surface area contributed by atoms with Crippen molar-refractivity contribution in [2.24, 2.45) is 5.41 Å². The van der Waals surface area contributed by atoms with Gasteiger partial charge in [-0.2, -0.15) is 0 Å². The number of rotatable bonds is 3. The number of hydrogen-bond acceptors (Lipinski definition) is 2. The Morgan fingerprint density at radius 1 is 1.55 bits per heavy atom. The SMILES string of the molecule is CC1(CNC(=O)c2ccc(F)cc2Br)CCCNC1.Cl. The van der Waals surface area contributed by atoms with Gasteiger partial charge >= 0.3 is 0 Å². The average Bonchev–Trinajstić information content (AvgIpc) is 2.37. The Balaban J connectivity index is 0.00000200. The summed E-state index contributed by atoms with van der Waals surface area (Å²) in [5, 5.41) is 6.29. The summed E-state index contributed by atoms with van der Waals surface area (Å²) in [4.78, 5) is 12.1. The maximum atomic E-state index is 13.0. The highest BCUT2D eigenvalue weighted by molar-refractivity contribution is 9.10. The minimum atomic E-state index is -0.355. The number of benzene rings is 1. The Morgan fingerprint density at radius 3 is 2.90 bits per heavy atom. The monoisotopic (exact) mass is 364 g/mol. The summed E-state index contributed by atoms with van der Waals surface area (Å²) >= 11 is 3.21. The maximum absolute atomic E-state index is 13.0. The maximum Gasteiger partial charge on any atom is 0.252 e. The lowest BCUT2D eigenvalue weighted by Gasteiger charge is -2.34. The normalized spacial score (nSPS) is 21.9. The van der Waals surface area contributed by atoms with Gasteiger partial charge in [0.25, 0.3) is 5.91 Å². The zero-order chi connectivity index (χ0) is 13.9. The summed E-state index contributed by atoms with van der Waals surface area (Å²) in [6, 6.07) is 4.10. The Labute approximate surface area is 133 Å². The van der Waals surface area contributed by atoms with Gasteiger partial charge in [-0.05, 0) is 58.9 Å². The molecule has 0 aromatic heterocycles. The molecule has 0 spiro atoms. The number of hydrogen-bond donors (Lipinski definition) is 2. The van der Waals surface area contributed by atoms with Crippen molar-refractivity contribution in [2.45, 2.75) is 19.8 Å². The zero-order valence-corrected chi connectivity index (χ0v) is 13.7. The van der Waals surface area contributed by atoms with Crippen LogP contribution in [0.15, 0.2) is 22.7 Å². The van der Waals surface area contributed by atoms with Crippen LogP contribution in [0.5, 0.6) is 0 Å². The van der Waals surface area contributed by atoms with E-state index in [1.165, 1.54) is 18.2 Å². The average molecular weight is 366 g/mol. The van der Waals surface area contributed by atoms with Gasteiger partial charge in [0.2, 0.25) is 0 Å². The fourth-order valence-electron chi connectivity index (χ4n) is 2.33. The van der Waals surface area contributed by atoms with Crippen molar-refractivity contribution >= 4 is 34.2 Å². The first-order valence-electron chi connectivity index (χ1n) is 6.44. The standard InChI is InChI=1S/C14H18BrFN2O.ClH/c1-14(5-2-6-17-8-14)9-18-13(19)11-4-3-10(16)7-12(11)15;/h3-4,7,17H,2,5-6,8-9H2,1H3,(H,18,19);1H. The largest absolute Gasteiger partial charge is 0.351 e. The molecular formula is C14H19BrClFN2O. The molecule has 0 bridgehead atoms. The molecule has 1 aliphatic heterocycles. The second-order valence-electron chi connectivity index (χ2n) is 5.40. The molecule has 2 rings (SSSR count). The van der Waals surface area contributed by atoms with Crippen LogP contribution >= 0.6 is 28.3 Å². The highest BCUT2D eigenvalue weighted by Gasteiger charge is 2.27. The van der Waals surface area contributed by atoms with Crippen LogP contribution in [-0.2, 0) is 0 Å². The molecule has 1 fully saturated rings. The van der Waals surface area contributed by atoms with Crippen LogP contribution < -0.4 is 10.6 Å². The fraction of sp³-hybridized carbons (Fsp3) is 0.500. The highest BCUT2D eigenvalue weighted by atomic mass is 79.9. The van der Waals surface area contributed by atoms with Crippen LogP contribution in [0, 0.1) is 11.2 Å². The van der Waals surface area contributed by atoms with Gasteiger partial charge in [0.15, 0.2) is 0 Å². The molecule has 20 heavy (non-hydrogen) atoms. The fourth-order valence-corrected chi connectivity index (χ4v) is 2.86. The van der Waals surface area contributed by atoms with Crippen molar-refractivity contribution in [3.05, 3.63) is 34.1 Å². The van der Waals surface area contributed by atoms with E-state index in [9.17, 15) is 9.18 Å². The van der Waals surface area contributed by atoms with Crippen LogP contribution in [0.2, 0.25) is 0 Å². The van der Waals surface area contributed by atoms with Gasteiger partial charge in [0, 0.05) is 17.6 Å². The number of carbonyl (C=O) groups excluding carboxylic acids is 1. The number of piperidine rings is 1. The van der Waals surface area contributed by atoms with Crippen LogP contribution in [0.25, 0.3) is 0 Å². The lowest BCUT2D eigenvalue weighted by atomic mass is 9.83. The van der Waals surface area contributed by atoms with Gasteiger partial charge in [-0.15, -0.1) is 12.4 Å². The summed E-state index contributed by atoms with van der Waals surface area (Å²) in [5.41, 5.74) is 0.564. The van der Waals surface area contributed by atoms with E-state index >= 15 is 0 Å². The van der Waals surface area contributed by atoms with Crippen molar-refractivity contribution in [1.82, 2.24) is 10.6 Å². The second kappa shape index (κ2) is 7.38. The van der Waals surface area contributed by atoms with E-state index in [-0.39, 0.29) is 29.5 Å². The third-order valence-electron chi connectivity index (χ3n) is 3.54. The molecular weight excluding hydrogens is 347 g/mol. The van der Waals surface area contributed by atoms with Gasteiger partial charge in [0.1, 0.15) is 5.82 Å². The van der Waals surface area contributed by atoms with Crippen molar-refractivity contribution in [2.75, 3.05) is 19.6 Å². The summed E-state index contributed by atoms with van der Waals surface area (Å²) in [6.45, 7) is 4.76. The topological polar surface area (TPSA) is 41.1 Å². The van der Waals surface area contributed by atoms with Gasteiger partial charge in [0.05, 0.1) is 5.56 Å².